The highest BCUT2D eigenvalue weighted by Crippen LogP contribution is 2.52. The van der Waals surface area contributed by atoms with Gasteiger partial charge in [0.1, 0.15) is 23.9 Å². The van der Waals surface area contributed by atoms with Crippen LogP contribution in [0.5, 0.6) is 11.5 Å². The molecule has 0 bridgehead atoms. The Bertz CT molecular complexity index is 1310. The fourth-order valence-corrected chi connectivity index (χ4v) is 5.51. The number of thiophene rings is 1. The van der Waals surface area contributed by atoms with Crippen LogP contribution in [0, 0.1) is 0 Å². The maximum absolute atomic E-state index is 6.65. The van der Waals surface area contributed by atoms with Crippen molar-refractivity contribution in [2.75, 3.05) is 12.4 Å². The summed E-state index contributed by atoms with van der Waals surface area (Å²) < 4.78 is 15.3. The minimum Gasteiger partial charge on any atom is -0.496 e. The van der Waals surface area contributed by atoms with Crippen molar-refractivity contribution < 1.29 is 9.47 Å². The van der Waals surface area contributed by atoms with Crippen LogP contribution in [0.2, 0.25) is 0 Å². The standard InChI is InChI=1S/C23H17BrN4O2S/c1-29-16-9-8-13(24)11-15(16)22-19-20(14-5-2-3-6-17(14)30-22)27-23-25-12-26-28(23)21(19)18-7-4-10-31-18/h2-12,21-22H,1H3,(H,25,26,27)/t21-,22-/m1/s1. The second kappa shape index (κ2) is 7.25. The zero-order valence-electron chi connectivity index (χ0n) is 16.4. The smallest absolute Gasteiger partial charge is 0.226 e. The van der Waals surface area contributed by atoms with Gasteiger partial charge in [-0.25, -0.2) is 4.68 Å². The van der Waals surface area contributed by atoms with Crippen LogP contribution in [0.15, 0.2) is 76.4 Å². The summed E-state index contributed by atoms with van der Waals surface area (Å²) in [5, 5.41) is 10.2. The Morgan fingerprint density at radius 1 is 1.16 bits per heavy atom. The summed E-state index contributed by atoms with van der Waals surface area (Å²) in [5.74, 6) is 2.31. The SMILES string of the molecule is COc1ccc(Br)cc1[C@H]1Oc2ccccc2C2=C1[C@@H](c1cccs1)n1ncnc1N2. The molecule has 8 heteroatoms. The highest BCUT2D eigenvalue weighted by Gasteiger charge is 2.42. The predicted molar refractivity (Wildman–Crippen MR) is 124 cm³/mol. The van der Waals surface area contributed by atoms with Gasteiger partial charge in [-0.15, -0.1) is 11.3 Å². The Balaban J connectivity index is 1.65. The van der Waals surface area contributed by atoms with Crippen LogP contribution in [0.25, 0.3) is 5.70 Å². The molecule has 0 saturated carbocycles. The number of benzene rings is 2. The van der Waals surface area contributed by atoms with Gasteiger partial charge in [0.25, 0.3) is 0 Å². The molecule has 0 unspecified atom stereocenters. The number of ether oxygens (including phenoxy) is 2. The topological polar surface area (TPSA) is 61.2 Å². The first-order valence-corrected chi connectivity index (χ1v) is 11.5. The molecule has 0 amide bonds. The lowest BCUT2D eigenvalue weighted by Crippen LogP contribution is -2.32. The van der Waals surface area contributed by atoms with Gasteiger partial charge < -0.3 is 14.8 Å². The lowest BCUT2D eigenvalue weighted by Gasteiger charge is -2.38. The molecule has 154 valence electrons. The third-order valence-corrected chi connectivity index (χ3v) is 7.03. The van der Waals surface area contributed by atoms with Gasteiger partial charge >= 0.3 is 0 Å². The second-order valence-electron chi connectivity index (χ2n) is 7.28. The van der Waals surface area contributed by atoms with Crippen LogP contribution >= 0.6 is 27.3 Å². The van der Waals surface area contributed by atoms with Crippen LogP contribution < -0.4 is 14.8 Å². The first-order chi connectivity index (χ1) is 15.2. The summed E-state index contributed by atoms with van der Waals surface area (Å²) in [4.78, 5) is 5.63. The highest BCUT2D eigenvalue weighted by molar-refractivity contribution is 9.10. The summed E-state index contributed by atoms with van der Waals surface area (Å²) in [6.45, 7) is 0. The molecule has 1 N–H and O–H groups in total. The van der Waals surface area contributed by atoms with Crippen molar-refractivity contribution in [1.82, 2.24) is 14.8 Å². The molecule has 31 heavy (non-hydrogen) atoms. The van der Waals surface area contributed by atoms with E-state index in [0.29, 0.717) is 5.95 Å². The third kappa shape index (κ3) is 2.90. The van der Waals surface area contributed by atoms with Crippen molar-refractivity contribution in [3.05, 3.63) is 92.4 Å². The normalized spacial score (nSPS) is 19.0. The third-order valence-electron chi connectivity index (χ3n) is 5.61. The van der Waals surface area contributed by atoms with Gasteiger partial charge in [0.2, 0.25) is 5.95 Å². The average Bonchev–Trinajstić information content (AvgIpc) is 3.49. The van der Waals surface area contributed by atoms with Crippen molar-refractivity contribution in [3.63, 3.8) is 0 Å². The highest BCUT2D eigenvalue weighted by atomic mass is 79.9. The van der Waals surface area contributed by atoms with Crippen molar-refractivity contribution >= 4 is 38.9 Å². The van der Waals surface area contributed by atoms with E-state index in [2.05, 4.69) is 61.0 Å². The molecule has 0 spiro atoms. The molecule has 4 heterocycles. The molecule has 2 aliphatic rings. The quantitative estimate of drug-likeness (QED) is 0.399. The van der Waals surface area contributed by atoms with Gasteiger partial charge in [-0.2, -0.15) is 10.1 Å². The van der Waals surface area contributed by atoms with E-state index in [9.17, 15) is 0 Å². The molecule has 2 aromatic heterocycles. The number of hydrogen-bond donors (Lipinski definition) is 1. The zero-order valence-corrected chi connectivity index (χ0v) is 18.9. The second-order valence-corrected chi connectivity index (χ2v) is 9.18. The summed E-state index contributed by atoms with van der Waals surface area (Å²) in [7, 11) is 1.68. The van der Waals surface area contributed by atoms with Crippen LogP contribution in [0.1, 0.15) is 28.1 Å². The molecular formula is C23H17BrN4O2S. The summed E-state index contributed by atoms with van der Waals surface area (Å²) in [6.07, 6.45) is 1.22. The van der Waals surface area contributed by atoms with Gasteiger partial charge in [0.15, 0.2) is 6.10 Å². The molecule has 2 aromatic carbocycles. The Morgan fingerprint density at radius 3 is 2.90 bits per heavy atom. The van der Waals surface area contributed by atoms with Crippen LogP contribution in [-0.4, -0.2) is 21.9 Å². The lowest BCUT2D eigenvalue weighted by molar-refractivity contribution is 0.218. The molecule has 2 aliphatic heterocycles. The molecule has 0 aliphatic carbocycles. The van der Waals surface area contributed by atoms with E-state index in [0.717, 1.165) is 38.4 Å². The first kappa shape index (κ1) is 18.7. The number of nitrogens with one attached hydrogen (secondary N) is 1. The van der Waals surface area contributed by atoms with Gasteiger partial charge in [-0.1, -0.05) is 34.1 Å². The Kier molecular flexibility index (Phi) is 4.36. The number of halogens is 1. The van der Waals surface area contributed by atoms with Crippen LogP contribution in [-0.2, 0) is 0 Å². The van der Waals surface area contributed by atoms with Gasteiger partial charge in [-0.05, 0) is 41.8 Å². The maximum Gasteiger partial charge on any atom is 0.226 e. The largest absolute Gasteiger partial charge is 0.496 e. The van der Waals surface area contributed by atoms with Crippen molar-refractivity contribution in [3.8, 4) is 11.5 Å². The Labute approximate surface area is 191 Å². The van der Waals surface area contributed by atoms with E-state index in [1.165, 1.54) is 4.88 Å². The van der Waals surface area contributed by atoms with Crippen molar-refractivity contribution in [2.24, 2.45) is 0 Å². The van der Waals surface area contributed by atoms with E-state index in [1.54, 1.807) is 24.8 Å². The Hall–Kier alpha value is -3.10. The van der Waals surface area contributed by atoms with E-state index >= 15 is 0 Å². The number of fused-ring (bicyclic) bond motifs is 3. The van der Waals surface area contributed by atoms with Gasteiger partial charge in [0, 0.05) is 26.0 Å². The number of methoxy groups -OCH3 is 1. The molecule has 0 radical (unpaired) electrons. The van der Waals surface area contributed by atoms with Crippen LogP contribution in [0.4, 0.5) is 5.95 Å². The number of aromatic nitrogens is 3. The molecule has 0 saturated heterocycles. The van der Waals surface area contributed by atoms with E-state index < -0.39 is 0 Å². The number of nitrogens with zero attached hydrogens (tertiary/aromatic N) is 3. The first-order valence-electron chi connectivity index (χ1n) is 9.78. The Morgan fingerprint density at radius 2 is 2.06 bits per heavy atom. The van der Waals surface area contributed by atoms with Gasteiger partial charge in [-0.3, -0.25) is 0 Å². The summed E-state index contributed by atoms with van der Waals surface area (Å²) in [5.41, 5.74) is 4.05. The van der Waals surface area contributed by atoms with Crippen LogP contribution in [0.3, 0.4) is 0 Å². The molecule has 2 atom stereocenters. The minimum absolute atomic E-state index is 0.143. The van der Waals surface area contributed by atoms with Crippen molar-refractivity contribution in [1.29, 1.82) is 0 Å². The predicted octanol–water partition coefficient (Wildman–Crippen LogP) is 5.67. The molecular weight excluding hydrogens is 476 g/mol. The number of rotatable bonds is 3. The van der Waals surface area contributed by atoms with Crippen molar-refractivity contribution in [2.45, 2.75) is 12.1 Å². The van der Waals surface area contributed by atoms with E-state index in [4.69, 9.17) is 9.47 Å². The molecule has 6 rings (SSSR count). The fraction of sp³-hybridized carbons (Fsp3) is 0.130. The molecule has 0 fully saturated rings. The minimum atomic E-state index is -0.366. The molecule has 4 aromatic rings. The monoisotopic (exact) mass is 492 g/mol. The average molecular weight is 493 g/mol. The van der Waals surface area contributed by atoms with E-state index in [-0.39, 0.29) is 12.1 Å². The molecule has 6 nitrogen and oxygen atoms in total. The summed E-state index contributed by atoms with van der Waals surface area (Å²) in [6, 6.07) is 18.1. The summed E-state index contributed by atoms with van der Waals surface area (Å²) >= 11 is 5.31. The zero-order chi connectivity index (χ0) is 20.9. The number of para-hydroxylation sites is 1. The van der Waals surface area contributed by atoms with Gasteiger partial charge in [0.05, 0.1) is 12.8 Å². The fourth-order valence-electron chi connectivity index (χ4n) is 4.31. The maximum atomic E-state index is 6.65. The number of anilines is 1. The van der Waals surface area contributed by atoms with E-state index in [1.807, 2.05) is 35.0 Å². The lowest BCUT2D eigenvalue weighted by atomic mass is 9.86. The number of hydrogen-bond acceptors (Lipinski definition) is 6.